The summed E-state index contributed by atoms with van der Waals surface area (Å²) in [4.78, 5) is 25.2. The topological polar surface area (TPSA) is 52.6 Å². The van der Waals surface area contributed by atoms with Crippen molar-refractivity contribution in [2.75, 3.05) is 13.2 Å². The molecular weight excluding hydrogens is 388 g/mol. The predicted molar refractivity (Wildman–Crippen MR) is 127 cm³/mol. The molecular formula is C27H46O4. The van der Waals surface area contributed by atoms with Crippen LogP contribution in [0.4, 0.5) is 0 Å². The molecule has 0 aromatic heterocycles. The molecule has 1 aliphatic rings. The smallest absolute Gasteiger partial charge is 0.307 e. The minimum Gasteiger partial charge on any atom is -0.460 e. The molecule has 4 heteroatoms. The minimum absolute atomic E-state index is 0.0981. The average Bonchev–Trinajstić information content (AvgIpc) is 2.67. The summed E-state index contributed by atoms with van der Waals surface area (Å²) in [6, 6.07) is 0. The van der Waals surface area contributed by atoms with Gasteiger partial charge in [-0.05, 0) is 89.9 Å². The Morgan fingerprint density at radius 1 is 1.03 bits per heavy atom. The molecule has 31 heavy (non-hydrogen) atoms. The van der Waals surface area contributed by atoms with Crippen LogP contribution in [0.3, 0.4) is 0 Å². The zero-order valence-corrected chi connectivity index (χ0v) is 20.9. The number of carbonyl (C=O) groups is 2. The Morgan fingerprint density at radius 3 is 2.26 bits per heavy atom. The van der Waals surface area contributed by atoms with Crippen LogP contribution in [-0.2, 0) is 19.1 Å². The highest BCUT2D eigenvalue weighted by Crippen LogP contribution is 2.32. The number of hydrogen-bond donors (Lipinski definition) is 0. The van der Waals surface area contributed by atoms with Gasteiger partial charge in [-0.25, -0.2) is 0 Å². The highest BCUT2D eigenvalue weighted by atomic mass is 16.6. The molecule has 1 atom stereocenters. The molecule has 1 aliphatic carbocycles. The SMILES string of the molecule is CCCCOCCCC(CC(=O)OC(C)(C)C)C(=O)C#C[C@H]1CC[C@H](CC(C)C)CC1. The zero-order valence-electron chi connectivity index (χ0n) is 20.9. The van der Waals surface area contributed by atoms with E-state index in [1.165, 1.54) is 19.3 Å². The fourth-order valence-corrected chi connectivity index (χ4v) is 4.17. The lowest BCUT2D eigenvalue weighted by atomic mass is 9.78. The Hall–Kier alpha value is -1.34. The fraction of sp³-hybridized carbons (Fsp3) is 0.852. The molecule has 1 unspecified atom stereocenters. The zero-order chi connectivity index (χ0) is 23.3. The maximum absolute atomic E-state index is 12.8. The third kappa shape index (κ3) is 13.6. The van der Waals surface area contributed by atoms with Crippen LogP contribution >= 0.6 is 0 Å². The van der Waals surface area contributed by atoms with Crippen molar-refractivity contribution >= 4 is 11.8 Å². The summed E-state index contributed by atoms with van der Waals surface area (Å²) in [7, 11) is 0. The van der Waals surface area contributed by atoms with Gasteiger partial charge in [0.05, 0.1) is 6.42 Å². The number of ether oxygens (including phenoxy) is 2. The largest absolute Gasteiger partial charge is 0.460 e. The van der Waals surface area contributed by atoms with Crippen LogP contribution in [0.2, 0.25) is 0 Å². The summed E-state index contributed by atoms with van der Waals surface area (Å²) < 4.78 is 11.1. The molecule has 0 heterocycles. The van der Waals surface area contributed by atoms with Crippen molar-refractivity contribution in [3.63, 3.8) is 0 Å². The maximum atomic E-state index is 12.8. The standard InChI is InChI=1S/C27H46O4/c1-7-8-17-30-18-9-10-24(20-26(29)31-27(4,5)6)25(28)16-15-22-11-13-23(14-12-22)19-21(2)3/h21-24H,7-14,17-20H2,1-6H3/t22-,23-,24?. The molecule has 0 saturated heterocycles. The van der Waals surface area contributed by atoms with Crippen molar-refractivity contribution in [3.05, 3.63) is 0 Å². The molecule has 0 amide bonds. The summed E-state index contributed by atoms with van der Waals surface area (Å²) in [5.74, 6) is 7.14. The molecule has 4 nitrogen and oxygen atoms in total. The van der Waals surface area contributed by atoms with Gasteiger partial charge in [0, 0.05) is 25.0 Å². The molecule has 0 N–H and O–H groups in total. The van der Waals surface area contributed by atoms with Crippen molar-refractivity contribution in [3.8, 4) is 11.8 Å². The second-order valence-corrected chi connectivity index (χ2v) is 10.6. The van der Waals surface area contributed by atoms with E-state index in [4.69, 9.17) is 9.47 Å². The first kappa shape index (κ1) is 27.7. The van der Waals surface area contributed by atoms with E-state index in [0.29, 0.717) is 18.9 Å². The summed E-state index contributed by atoms with van der Waals surface area (Å²) >= 11 is 0. The van der Waals surface area contributed by atoms with E-state index in [1.807, 2.05) is 20.8 Å². The summed E-state index contributed by atoms with van der Waals surface area (Å²) in [6.07, 6.45) is 9.49. The van der Waals surface area contributed by atoms with Crippen molar-refractivity contribution in [1.29, 1.82) is 0 Å². The summed E-state index contributed by atoms with van der Waals surface area (Å²) in [6.45, 7) is 13.6. The maximum Gasteiger partial charge on any atom is 0.307 e. The molecule has 0 aliphatic heterocycles. The molecule has 0 spiro atoms. The number of hydrogen-bond acceptors (Lipinski definition) is 4. The van der Waals surface area contributed by atoms with E-state index in [0.717, 1.165) is 50.5 Å². The lowest BCUT2D eigenvalue weighted by Crippen LogP contribution is -2.27. The number of unbranched alkanes of at least 4 members (excludes halogenated alkanes) is 1. The van der Waals surface area contributed by atoms with Crippen LogP contribution in [0.15, 0.2) is 0 Å². The van der Waals surface area contributed by atoms with E-state index in [-0.39, 0.29) is 18.2 Å². The van der Waals surface area contributed by atoms with Crippen LogP contribution in [0.25, 0.3) is 0 Å². The van der Waals surface area contributed by atoms with Gasteiger partial charge in [-0.3, -0.25) is 9.59 Å². The average molecular weight is 435 g/mol. The van der Waals surface area contributed by atoms with Crippen LogP contribution in [0.5, 0.6) is 0 Å². The number of Topliss-reactive ketones (excluding diaryl/α,β-unsaturated/α-hetero) is 1. The van der Waals surface area contributed by atoms with Gasteiger partial charge in [0.2, 0.25) is 5.78 Å². The van der Waals surface area contributed by atoms with Crippen molar-refractivity contribution in [2.45, 2.75) is 111 Å². The van der Waals surface area contributed by atoms with Crippen LogP contribution in [0, 0.1) is 35.5 Å². The van der Waals surface area contributed by atoms with Crippen LogP contribution in [0.1, 0.15) is 106 Å². The fourth-order valence-electron chi connectivity index (χ4n) is 4.17. The Bertz CT molecular complexity index is 583. The van der Waals surface area contributed by atoms with Gasteiger partial charge in [-0.2, -0.15) is 0 Å². The van der Waals surface area contributed by atoms with Gasteiger partial charge in [-0.1, -0.05) is 33.1 Å². The lowest BCUT2D eigenvalue weighted by molar-refractivity contribution is -0.157. The monoisotopic (exact) mass is 434 g/mol. The number of esters is 1. The molecule has 1 saturated carbocycles. The molecule has 1 fully saturated rings. The molecule has 0 aromatic carbocycles. The predicted octanol–water partition coefficient (Wildman–Crippen LogP) is 6.36. The van der Waals surface area contributed by atoms with Crippen LogP contribution < -0.4 is 0 Å². The third-order valence-electron chi connectivity index (χ3n) is 5.74. The van der Waals surface area contributed by atoms with E-state index in [1.54, 1.807) is 0 Å². The van der Waals surface area contributed by atoms with Crippen molar-refractivity contribution in [1.82, 2.24) is 0 Å². The number of rotatable bonds is 12. The van der Waals surface area contributed by atoms with Crippen LogP contribution in [-0.4, -0.2) is 30.6 Å². The van der Waals surface area contributed by atoms with Gasteiger partial charge < -0.3 is 9.47 Å². The van der Waals surface area contributed by atoms with E-state index in [9.17, 15) is 9.59 Å². The van der Waals surface area contributed by atoms with E-state index in [2.05, 4.69) is 32.6 Å². The first-order valence-corrected chi connectivity index (χ1v) is 12.5. The van der Waals surface area contributed by atoms with E-state index >= 15 is 0 Å². The van der Waals surface area contributed by atoms with Crippen molar-refractivity contribution < 1.29 is 19.1 Å². The second kappa shape index (κ2) is 14.7. The Labute approximate surface area is 191 Å². The highest BCUT2D eigenvalue weighted by Gasteiger charge is 2.25. The van der Waals surface area contributed by atoms with E-state index < -0.39 is 11.5 Å². The van der Waals surface area contributed by atoms with Gasteiger partial charge in [0.15, 0.2) is 0 Å². The first-order valence-electron chi connectivity index (χ1n) is 12.5. The third-order valence-corrected chi connectivity index (χ3v) is 5.74. The van der Waals surface area contributed by atoms with Gasteiger partial charge in [-0.15, -0.1) is 0 Å². The minimum atomic E-state index is -0.547. The van der Waals surface area contributed by atoms with Gasteiger partial charge >= 0.3 is 5.97 Å². The molecule has 1 rings (SSSR count). The summed E-state index contributed by atoms with van der Waals surface area (Å²) in [5.41, 5.74) is -0.547. The molecule has 178 valence electrons. The Kier molecular flexibility index (Phi) is 13.1. The second-order valence-electron chi connectivity index (χ2n) is 10.6. The molecule has 0 radical (unpaired) electrons. The lowest BCUT2D eigenvalue weighted by Gasteiger charge is -2.26. The summed E-state index contributed by atoms with van der Waals surface area (Å²) in [5, 5.41) is 0. The molecule has 0 aromatic rings. The highest BCUT2D eigenvalue weighted by molar-refractivity contribution is 5.99. The Morgan fingerprint density at radius 2 is 1.68 bits per heavy atom. The quantitative estimate of drug-likeness (QED) is 0.155. The van der Waals surface area contributed by atoms with Gasteiger partial charge in [0.25, 0.3) is 0 Å². The number of carbonyl (C=O) groups excluding carboxylic acids is 2. The normalized spacial score (nSPS) is 20.1. The van der Waals surface area contributed by atoms with Crippen molar-refractivity contribution in [2.24, 2.45) is 23.7 Å². The first-order chi connectivity index (χ1) is 14.6. The Balaban J connectivity index is 2.60. The molecule has 0 bridgehead atoms. The number of ketones is 1. The van der Waals surface area contributed by atoms with Gasteiger partial charge in [0.1, 0.15) is 5.60 Å².